The van der Waals surface area contributed by atoms with Crippen LogP contribution in [0.25, 0.3) is 28.2 Å². The van der Waals surface area contributed by atoms with Gasteiger partial charge in [0.05, 0.1) is 11.4 Å². The minimum atomic E-state index is 0.207. The van der Waals surface area contributed by atoms with E-state index >= 15 is 0 Å². The molecule has 0 spiro atoms. The Labute approximate surface area is 151 Å². The number of carbonyl (C=O) groups is 1. The molecule has 0 saturated carbocycles. The first-order valence-electron chi connectivity index (χ1n) is 8.39. The zero-order chi connectivity index (χ0) is 17.9. The molecule has 0 fully saturated rings. The number of phenols is 1. The molecule has 3 heteroatoms. The number of carbonyl (C=O) groups excluding carboxylic acids is 1. The number of hydrogen-bond donors (Lipinski definition) is 1. The Kier molecular flexibility index (Phi) is 4.12. The van der Waals surface area contributed by atoms with Gasteiger partial charge in [-0.15, -0.1) is 0 Å². The van der Waals surface area contributed by atoms with E-state index in [2.05, 4.69) is 4.57 Å². The van der Waals surface area contributed by atoms with Gasteiger partial charge in [-0.2, -0.15) is 0 Å². The molecule has 1 heterocycles. The van der Waals surface area contributed by atoms with Crippen LogP contribution in [0.3, 0.4) is 0 Å². The zero-order valence-electron chi connectivity index (χ0n) is 14.0. The lowest BCUT2D eigenvalue weighted by Gasteiger charge is -2.15. The molecule has 0 atom stereocenters. The summed E-state index contributed by atoms with van der Waals surface area (Å²) in [5.74, 6) is 0.207. The minimum absolute atomic E-state index is 0.207. The fraction of sp³-hybridized carbons (Fsp3) is 0. The minimum Gasteiger partial charge on any atom is -0.508 e. The van der Waals surface area contributed by atoms with E-state index in [9.17, 15) is 9.90 Å². The first-order chi connectivity index (χ1) is 12.8. The van der Waals surface area contributed by atoms with Crippen molar-refractivity contribution in [1.29, 1.82) is 0 Å². The molecule has 3 aromatic carbocycles. The van der Waals surface area contributed by atoms with E-state index in [1.165, 1.54) is 0 Å². The normalized spacial score (nSPS) is 10.6. The molecule has 1 N–H and O–H groups in total. The Morgan fingerprint density at radius 2 is 1.31 bits per heavy atom. The van der Waals surface area contributed by atoms with Gasteiger partial charge in [0.1, 0.15) is 5.75 Å². The summed E-state index contributed by atoms with van der Waals surface area (Å²) in [5, 5.41) is 9.66. The first-order valence-corrected chi connectivity index (χ1v) is 8.39. The zero-order valence-corrected chi connectivity index (χ0v) is 14.0. The Bertz CT molecular complexity index is 1030. The Hall–Kier alpha value is -3.59. The lowest BCUT2D eigenvalue weighted by atomic mass is 10.1. The molecular formula is C23H17NO2. The number of aldehydes is 1. The number of nitrogens with zero attached hydrogens (tertiary/aromatic N) is 1. The summed E-state index contributed by atoms with van der Waals surface area (Å²) in [5.41, 5.74) is 5.26. The lowest BCUT2D eigenvalue weighted by molar-refractivity contribution is 0.112. The summed E-state index contributed by atoms with van der Waals surface area (Å²) in [6.07, 6.45) is 0.895. The van der Waals surface area contributed by atoms with Crippen LogP contribution in [0.1, 0.15) is 10.4 Å². The van der Waals surface area contributed by atoms with Crippen molar-refractivity contribution >= 4 is 6.29 Å². The van der Waals surface area contributed by atoms with Gasteiger partial charge in [0.2, 0.25) is 0 Å². The number of phenolic OH excluding ortho intramolecular Hbond substituents is 1. The molecule has 0 aliphatic heterocycles. The van der Waals surface area contributed by atoms with Crippen LogP contribution in [-0.2, 0) is 0 Å². The average molecular weight is 339 g/mol. The summed E-state index contributed by atoms with van der Waals surface area (Å²) in [6, 6.07) is 28.8. The smallest absolute Gasteiger partial charge is 0.152 e. The quantitative estimate of drug-likeness (QED) is 0.511. The monoisotopic (exact) mass is 339 g/mol. The molecule has 0 bridgehead atoms. The van der Waals surface area contributed by atoms with Crippen molar-refractivity contribution in [2.45, 2.75) is 0 Å². The van der Waals surface area contributed by atoms with Crippen LogP contribution in [0, 0.1) is 0 Å². The number of aromatic hydroxyl groups is 1. The van der Waals surface area contributed by atoms with Crippen LogP contribution in [0.4, 0.5) is 0 Å². The summed E-state index contributed by atoms with van der Waals surface area (Å²) in [7, 11) is 0. The van der Waals surface area contributed by atoms with Gasteiger partial charge in [-0.25, -0.2) is 0 Å². The van der Waals surface area contributed by atoms with Crippen LogP contribution in [0.15, 0.2) is 91.0 Å². The van der Waals surface area contributed by atoms with Crippen molar-refractivity contribution in [3.05, 3.63) is 96.6 Å². The molecule has 0 unspecified atom stereocenters. The topological polar surface area (TPSA) is 42.2 Å². The molecule has 4 rings (SSSR count). The summed E-state index contributed by atoms with van der Waals surface area (Å²) in [4.78, 5) is 11.8. The van der Waals surface area contributed by atoms with E-state index in [0.717, 1.165) is 34.5 Å². The van der Waals surface area contributed by atoms with E-state index < -0.39 is 0 Å². The average Bonchev–Trinajstić information content (AvgIpc) is 3.09. The molecule has 3 nitrogen and oxygen atoms in total. The van der Waals surface area contributed by atoms with E-state index in [4.69, 9.17) is 0 Å². The van der Waals surface area contributed by atoms with Gasteiger partial charge in [0.25, 0.3) is 0 Å². The Balaban J connectivity index is 2.06. The predicted octanol–water partition coefficient (Wildman–Crippen LogP) is 5.33. The highest BCUT2D eigenvalue weighted by molar-refractivity contribution is 5.91. The molecule has 126 valence electrons. The number of benzene rings is 3. The molecular weight excluding hydrogens is 322 g/mol. The maximum Gasteiger partial charge on any atom is 0.152 e. The third-order valence-electron chi connectivity index (χ3n) is 4.38. The molecule has 4 aromatic rings. The van der Waals surface area contributed by atoms with Crippen LogP contribution in [0.5, 0.6) is 5.75 Å². The highest BCUT2D eigenvalue weighted by Gasteiger charge is 2.18. The predicted molar refractivity (Wildman–Crippen MR) is 104 cm³/mol. The number of aromatic nitrogens is 1. The van der Waals surface area contributed by atoms with Crippen molar-refractivity contribution in [2.24, 2.45) is 0 Å². The van der Waals surface area contributed by atoms with Gasteiger partial charge in [0, 0.05) is 11.3 Å². The van der Waals surface area contributed by atoms with Gasteiger partial charge < -0.3 is 9.67 Å². The highest BCUT2D eigenvalue weighted by atomic mass is 16.3. The van der Waals surface area contributed by atoms with Crippen LogP contribution >= 0.6 is 0 Å². The Morgan fingerprint density at radius 3 is 1.88 bits per heavy atom. The van der Waals surface area contributed by atoms with Crippen LogP contribution < -0.4 is 0 Å². The molecule has 1 aromatic heterocycles. The van der Waals surface area contributed by atoms with Gasteiger partial charge >= 0.3 is 0 Å². The first kappa shape index (κ1) is 15.9. The second kappa shape index (κ2) is 6.73. The molecule has 0 amide bonds. The summed E-state index contributed by atoms with van der Waals surface area (Å²) >= 11 is 0. The summed E-state index contributed by atoms with van der Waals surface area (Å²) in [6.45, 7) is 0. The number of rotatable bonds is 4. The molecule has 0 aliphatic carbocycles. The highest BCUT2D eigenvalue weighted by Crippen LogP contribution is 2.35. The molecule has 0 radical (unpaired) electrons. The van der Waals surface area contributed by atoms with Crippen molar-refractivity contribution in [3.63, 3.8) is 0 Å². The van der Waals surface area contributed by atoms with E-state index in [-0.39, 0.29) is 5.75 Å². The van der Waals surface area contributed by atoms with E-state index in [1.807, 2.05) is 78.9 Å². The van der Waals surface area contributed by atoms with Crippen molar-refractivity contribution in [2.75, 3.05) is 0 Å². The standard InChI is InChI=1S/C23H17NO2/c25-16-19-15-22(17-7-3-1-4-8-17)24(20-11-13-21(26)14-12-20)23(19)18-9-5-2-6-10-18/h1-16,26H. The third kappa shape index (κ3) is 2.80. The summed E-state index contributed by atoms with van der Waals surface area (Å²) < 4.78 is 2.06. The molecule has 0 saturated heterocycles. The Morgan fingerprint density at radius 1 is 0.731 bits per heavy atom. The second-order valence-corrected chi connectivity index (χ2v) is 6.04. The number of hydrogen-bond acceptors (Lipinski definition) is 2. The van der Waals surface area contributed by atoms with Gasteiger partial charge in [-0.05, 0) is 41.5 Å². The van der Waals surface area contributed by atoms with E-state index in [1.54, 1.807) is 12.1 Å². The largest absolute Gasteiger partial charge is 0.508 e. The van der Waals surface area contributed by atoms with Crippen molar-refractivity contribution in [3.8, 4) is 34.0 Å². The van der Waals surface area contributed by atoms with E-state index in [0.29, 0.717) is 5.56 Å². The fourth-order valence-electron chi connectivity index (χ4n) is 3.20. The van der Waals surface area contributed by atoms with Gasteiger partial charge in [-0.3, -0.25) is 4.79 Å². The van der Waals surface area contributed by atoms with Gasteiger partial charge in [-0.1, -0.05) is 60.7 Å². The maximum atomic E-state index is 11.8. The fourth-order valence-corrected chi connectivity index (χ4v) is 3.20. The lowest BCUT2D eigenvalue weighted by Crippen LogP contribution is -2.00. The van der Waals surface area contributed by atoms with Gasteiger partial charge in [0.15, 0.2) is 6.29 Å². The third-order valence-corrected chi connectivity index (χ3v) is 4.38. The second-order valence-electron chi connectivity index (χ2n) is 6.04. The van der Waals surface area contributed by atoms with Crippen molar-refractivity contribution in [1.82, 2.24) is 4.57 Å². The molecule has 26 heavy (non-hydrogen) atoms. The molecule has 0 aliphatic rings. The van der Waals surface area contributed by atoms with Crippen LogP contribution in [0.2, 0.25) is 0 Å². The van der Waals surface area contributed by atoms with Crippen LogP contribution in [-0.4, -0.2) is 16.0 Å². The SMILES string of the molecule is O=Cc1cc(-c2ccccc2)n(-c2ccc(O)cc2)c1-c1ccccc1. The van der Waals surface area contributed by atoms with Crippen molar-refractivity contribution < 1.29 is 9.90 Å². The maximum absolute atomic E-state index is 11.8.